The van der Waals surface area contributed by atoms with Crippen molar-refractivity contribution in [3.05, 3.63) is 65.4 Å². The van der Waals surface area contributed by atoms with E-state index in [1.807, 2.05) is 31.2 Å². The topological polar surface area (TPSA) is 80.7 Å². The van der Waals surface area contributed by atoms with Gasteiger partial charge in [0.05, 0.1) is 12.7 Å². The lowest BCUT2D eigenvalue weighted by Crippen LogP contribution is -2.34. The van der Waals surface area contributed by atoms with Crippen molar-refractivity contribution in [3.8, 4) is 11.8 Å². The van der Waals surface area contributed by atoms with Crippen molar-refractivity contribution in [3.63, 3.8) is 0 Å². The highest BCUT2D eigenvalue weighted by atomic mass is 16.5. The number of amides is 2. The molecule has 7 heteroatoms. The molecule has 0 atom stereocenters. The van der Waals surface area contributed by atoms with Gasteiger partial charge in [-0.3, -0.25) is 4.90 Å². The van der Waals surface area contributed by atoms with E-state index in [1.54, 1.807) is 26.2 Å². The number of anilines is 2. The van der Waals surface area contributed by atoms with E-state index in [-0.39, 0.29) is 12.6 Å². The highest BCUT2D eigenvalue weighted by molar-refractivity contribution is 6.01. The van der Waals surface area contributed by atoms with Crippen LogP contribution in [0.1, 0.15) is 22.8 Å². The molecule has 0 radical (unpaired) electrons. The van der Waals surface area contributed by atoms with Crippen LogP contribution >= 0.6 is 0 Å². The molecule has 28 heavy (non-hydrogen) atoms. The highest BCUT2D eigenvalue weighted by Crippen LogP contribution is 2.23. The van der Waals surface area contributed by atoms with E-state index in [1.165, 1.54) is 11.1 Å². The number of rotatable bonds is 5. The predicted molar refractivity (Wildman–Crippen MR) is 105 cm³/mol. The summed E-state index contributed by atoms with van der Waals surface area (Å²) in [7, 11) is 1.60. The largest absolute Gasteiger partial charge is 0.464 e. The molecule has 0 spiro atoms. The monoisotopic (exact) mass is 379 g/mol. The molecule has 0 bridgehead atoms. The number of nitrogens with one attached hydrogen (secondary N) is 1. The van der Waals surface area contributed by atoms with Crippen molar-refractivity contribution in [2.75, 3.05) is 23.9 Å². The molecule has 2 aromatic heterocycles. The molecule has 0 aliphatic rings. The van der Waals surface area contributed by atoms with E-state index < -0.39 is 0 Å². The zero-order chi connectivity index (χ0) is 19.9. The van der Waals surface area contributed by atoms with Gasteiger partial charge in [-0.05, 0) is 50.2 Å². The summed E-state index contributed by atoms with van der Waals surface area (Å²) in [6, 6.07) is 10.6. The van der Waals surface area contributed by atoms with E-state index in [4.69, 9.17) is 13.7 Å². The minimum Gasteiger partial charge on any atom is -0.464 e. The minimum atomic E-state index is -0.321. The fraction of sp³-hybridized carbons (Fsp3) is 0.238. The summed E-state index contributed by atoms with van der Waals surface area (Å²) in [5, 5.41) is 6.66. The second-order valence-electron chi connectivity index (χ2n) is 6.11. The molecule has 0 saturated heterocycles. The number of hydrogen-bond acceptors (Lipinski definition) is 5. The summed E-state index contributed by atoms with van der Waals surface area (Å²) >= 11 is 0. The van der Waals surface area contributed by atoms with Gasteiger partial charge in [-0.15, -0.1) is 0 Å². The molecule has 0 fully saturated rings. The minimum absolute atomic E-state index is 0.252. The first-order chi connectivity index (χ1) is 13.6. The van der Waals surface area contributed by atoms with Crippen molar-refractivity contribution in [2.24, 2.45) is 0 Å². The number of hydrogen-bond donors (Lipinski definition) is 1. The Morgan fingerprint density at radius 2 is 2.00 bits per heavy atom. The Labute approximate surface area is 163 Å². The third-order valence-electron chi connectivity index (χ3n) is 3.96. The Hall–Kier alpha value is -3.50. The Morgan fingerprint density at radius 1 is 1.21 bits per heavy atom. The summed E-state index contributed by atoms with van der Waals surface area (Å²) in [6.07, 6.45) is 1.51. The maximum atomic E-state index is 12.9. The fourth-order valence-electron chi connectivity index (χ4n) is 2.58. The summed E-state index contributed by atoms with van der Waals surface area (Å²) in [5.74, 6) is 7.86. The van der Waals surface area contributed by atoms with Gasteiger partial charge < -0.3 is 19.0 Å². The van der Waals surface area contributed by atoms with Crippen molar-refractivity contribution in [1.29, 1.82) is 0 Å². The Bertz CT molecular complexity index is 993. The highest BCUT2D eigenvalue weighted by Gasteiger charge is 2.22. The van der Waals surface area contributed by atoms with Gasteiger partial charge in [-0.25, -0.2) is 4.79 Å². The number of aromatic nitrogens is 1. The summed E-state index contributed by atoms with van der Waals surface area (Å²) < 4.78 is 15.6. The van der Waals surface area contributed by atoms with E-state index in [0.29, 0.717) is 29.5 Å². The first kappa shape index (κ1) is 19.3. The first-order valence-corrected chi connectivity index (χ1v) is 8.70. The van der Waals surface area contributed by atoms with Crippen molar-refractivity contribution in [2.45, 2.75) is 20.4 Å². The van der Waals surface area contributed by atoms with Crippen LogP contribution in [0, 0.1) is 25.7 Å². The van der Waals surface area contributed by atoms with Gasteiger partial charge in [-0.2, -0.15) is 0 Å². The van der Waals surface area contributed by atoms with Gasteiger partial charge in [-0.1, -0.05) is 17.0 Å². The third kappa shape index (κ3) is 4.81. The molecule has 0 aliphatic heterocycles. The quantitative estimate of drug-likeness (QED) is 0.675. The molecular formula is C21H21N3O4. The van der Waals surface area contributed by atoms with E-state index in [0.717, 1.165) is 11.3 Å². The maximum Gasteiger partial charge on any atom is 0.326 e. The summed E-state index contributed by atoms with van der Waals surface area (Å²) in [4.78, 5) is 14.5. The second kappa shape index (κ2) is 8.93. The van der Waals surface area contributed by atoms with Crippen LogP contribution in [0.25, 0.3) is 0 Å². The Balaban J connectivity index is 1.76. The number of aryl methyl sites for hydroxylation is 2. The van der Waals surface area contributed by atoms with Crippen LogP contribution in [0.4, 0.5) is 16.2 Å². The molecule has 1 N–H and O–H groups in total. The van der Waals surface area contributed by atoms with Crippen LogP contribution in [0.5, 0.6) is 0 Å². The molecule has 0 saturated carbocycles. The predicted octanol–water partition coefficient (Wildman–Crippen LogP) is 4.12. The number of urea groups is 1. The van der Waals surface area contributed by atoms with Crippen LogP contribution in [0.2, 0.25) is 0 Å². The van der Waals surface area contributed by atoms with E-state index >= 15 is 0 Å². The van der Waals surface area contributed by atoms with Crippen LogP contribution in [0.15, 0.2) is 51.5 Å². The molecule has 3 aromatic rings. The molecule has 144 valence electrons. The average molecular weight is 379 g/mol. The van der Waals surface area contributed by atoms with Crippen LogP contribution in [0.3, 0.4) is 0 Å². The summed E-state index contributed by atoms with van der Waals surface area (Å²) in [6.45, 7) is 4.24. The molecule has 7 nitrogen and oxygen atoms in total. The number of ether oxygens (including phenoxy) is 1. The molecule has 0 aliphatic carbocycles. The van der Waals surface area contributed by atoms with Crippen molar-refractivity contribution < 1.29 is 18.5 Å². The Kier molecular flexibility index (Phi) is 6.14. The lowest BCUT2D eigenvalue weighted by atomic mass is 10.2. The lowest BCUT2D eigenvalue weighted by Gasteiger charge is -2.21. The number of furan rings is 1. The standard InChI is InChI=1S/C21H21N3O4/c1-15-6-11-19(27-15)14-24(20-13-22-28-16(20)2)21(25)23-18-9-7-17(8-10-18)5-4-12-26-3/h6-11,13H,12,14H2,1-3H3,(H,23,25). The van der Waals surface area contributed by atoms with Crippen molar-refractivity contribution >= 4 is 17.4 Å². The van der Waals surface area contributed by atoms with Crippen LogP contribution in [-0.2, 0) is 11.3 Å². The summed E-state index contributed by atoms with van der Waals surface area (Å²) in [5.41, 5.74) is 2.07. The molecule has 1 aromatic carbocycles. The third-order valence-corrected chi connectivity index (χ3v) is 3.96. The molecule has 2 amide bonds. The van der Waals surface area contributed by atoms with E-state index in [2.05, 4.69) is 22.3 Å². The van der Waals surface area contributed by atoms with Gasteiger partial charge >= 0.3 is 6.03 Å². The Morgan fingerprint density at radius 3 is 2.61 bits per heavy atom. The smallest absolute Gasteiger partial charge is 0.326 e. The van der Waals surface area contributed by atoms with Crippen molar-refractivity contribution in [1.82, 2.24) is 5.16 Å². The zero-order valence-corrected chi connectivity index (χ0v) is 16.0. The zero-order valence-electron chi connectivity index (χ0n) is 16.0. The van der Waals surface area contributed by atoms with Gasteiger partial charge in [0.15, 0.2) is 5.76 Å². The normalized spacial score (nSPS) is 10.2. The first-order valence-electron chi connectivity index (χ1n) is 8.70. The van der Waals surface area contributed by atoms with Gasteiger partial charge in [0.25, 0.3) is 0 Å². The molecule has 0 unspecified atom stereocenters. The van der Waals surface area contributed by atoms with Crippen LogP contribution < -0.4 is 10.2 Å². The SMILES string of the molecule is COCC#Cc1ccc(NC(=O)N(Cc2ccc(C)o2)c2cnoc2C)cc1. The van der Waals surface area contributed by atoms with Crippen LogP contribution in [-0.4, -0.2) is 24.9 Å². The number of carbonyl (C=O) groups excluding carboxylic acids is 1. The second-order valence-corrected chi connectivity index (χ2v) is 6.11. The van der Waals surface area contributed by atoms with Gasteiger partial charge in [0.1, 0.15) is 23.8 Å². The maximum absolute atomic E-state index is 12.9. The molecular weight excluding hydrogens is 358 g/mol. The molecule has 3 rings (SSSR count). The number of nitrogens with zero attached hydrogens (tertiary/aromatic N) is 2. The van der Waals surface area contributed by atoms with E-state index in [9.17, 15) is 4.79 Å². The number of carbonyl (C=O) groups is 1. The van der Waals surface area contributed by atoms with Gasteiger partial charge in [0.2, 0.25) is 0 Å². The average Bonchev–Trinajstić information content (AvgIpc) is 3.29. The van der Waals surface area contributed by atoms with Gasteiger partial charge in [0, 0.05) is 18.4 Å². The molecule has 2 heterocycles. The number of benzene rings is 1. The fourth-order valence-corrected chi connectivity index (χ4v) is 2.58. The number of methoxy groups -OCH3 is 1. The lowest BCUT2D eigenvalue weighted by molar-refractivity contribution is 0.240.